The second-order valence-electron chi connectivity index (χ2n) is 4.02. The molecule has 1 unspecified atom stereocenters. The van der Waals surface area contributed by atoms with E-state index in [-0.39, 0.29) is 10.6 Å². The number of halogens is 3. The van der Waals surface area contributed by atoms with Gasteiger partial charge in [0.1, 0.15) is 0 Å². The molecule has 0 aliphatic rings. The molecule has 1 atom stereocenters. The summed E-state index contributed by atoms with van der Waals surface area (Å²) in [6.07, 6.45) is 1.72. The fourth-order valence-corrected chi connectivity index (χ4v) is 2.66. The molecule has 0 aromatic heterocycles. The molecule has 7 heteroatoms. The van der Waals surface area contributed by atoms with Crippen molar-refractivity contribution >= 4 is 31.5 Å². The average Bonchev–Trinajstić information content (AvgIpc) is 2.38. The van der Waals surface area contributed by atoms with Gasteiger partial charge in [-0.3, -0.25) is 0 Å². The van der Waals surface area contributed by atoms with Crippen molar-refractivity contribution in [3.8, 4) is 0 Å². The van der Waals surface area contributed by atoms with E-state index < -0.39 is 15.6 Å². The zero-order valence-corrected chi connectivity index (χ0v) is 12.8. The van der Waals surface area contributed by atoms with Crippen LogP contribution in [0.2, 0.25) is 0 Å². The Morgan fingerprint density at radius 3 is 2.53 bits per heavy atom. The van der Waals surface area contributed by atoms with Crippen LogP contribution in [-0.2, 0) is 9.84 Å². The smallest absolute Gasteiger partial charge is 0.341 e. The van der Waals surface area contributed by atoms with Gasteiger partial charge in [-0.15, -0.1) is 0 Å². The predicted octanol–water partition coefficient (Wildman–Crippen LogP) is 3.66. The molecule has 0 bridgehead atoms. The summed E-state index contributed by atoms with van der Waals surface area (Å²) >= 11 is 3.45. The molecule has 0 spiro atoms. The van der Waals surface area contributed by atoms with Gasteiger partial charge in [0.05, 0.1) is 10.6 Å². The zero-order valence-electron chi connectivity index (χ0n) is 10.4. The van der Waals surface area contributed by atoms with Crippen LogP contribution in [0.15, 0.2) is 29.2 Å². The summed E-state index contributed by atoms with van der Waals surface area (Å²) in [4.78, 5) is -0.0357. The van der Waals surface area contributed by atoms with E-state index in [1.807, 2.05) is 6.92 Å². The lowest BCUT2D eigenvalue weighted by atomic mass is 10.2. The first-order valence-corrected chi connectivity index (χ1v) is 8.34. The largest absolute Gasteiger partial charge is 0.384 e. The molecular weight excluding hydrogens is 340 g/mol. The van der Waals surface area contributed by atoms with Gasteiger partial charge in [-0.2, -0.15) is 8.78 Å². The van der Waals surface area contributed by atoms with E-state index in [1.165, 1.54) is 18.2 Å². The summed E-state index contributed by atoms with van der Waals surface area (Å²) in [6, 6.07) is 5.72. The third-order valence-electron chi connectivity index (χ3n) is 2.64. The van der Waals surface area contributed by atoms with E-state index in [0.717, 1.165) is 12.8 Å². The molecule has 0 aliphatic carbocycles. The molecule has 0 amide bonds. The number of anilines is 1. The SMILES string of the molecule is CCC(Br)CCNc1ccccc1S(=O)(=O)C(F)F. The van der Waals surface area contributed by atoms with Crippen molar-refractivity contribution in [1.29, 1.82) is 0 Å². The highest BCUT2D eigenvalue weighted by Crippen LogP contribution is 2.26. The molecule has 1 N–H and O–H groups in total. The van der Waals surface area contributed by atoms with Gasteiger partial charge >= 0.3 is 5.76 Å². The Hall–Kier alpha value is -0.690. The van der Waals surface area contributed by atoms with Crippen LogP contribution in [0, 0.1) is 0 Å². The van der Waals surface area contributed by atoms with Crippen molar-refractivity contribution in [3.05, 3.63) is 24.3 Å². The minimum absolute atomic E-state index is 0.221. The van der Waals surface area contributed by atoms with Crippen molar-refractivity contribution in [2.24, 2.45) is 0 Å². The van der Waals surface area contributed by atoms with Crippen LogP contribution in [0.4, 0.5) is 14.5 Å². The minimum Gasteiger partial charge on any atom is -0.384 e. The Balaban J connectivity index is 2.86. The number of para-hydroxylation sites is 1. The van der Waals surface area contributed by atoms with E-state index in [4.69, 9.17) is 0 Å². The van der Waals surface area contributed by atoms with Crippen molar-refractivity contribution in [2.75, 3.05) is 11.9 Å². The normalized spacial score (nSPS) is 13.5. The maximum absolute atomic E-state index is 12.6. The molecule has 1 aromatic carbocycles. The maximum atomic E-state index is 12.6. The molecule has 1 rings (SSSR count). The summed E-state index contributed by atoms with van der Waals surface area (Å²) in [5, 5.41) is 2.90. The Morgan fingerprint density at radius 1 is 1.32 bits per heavy atom. The van der Waals surface area contributed by atoms with Crippen LogP contribution in [-0.4, -0.2) is 25.5 Å². The minimum atomic E-state index is -4.57. The first-order chi connectivity index (χ1) is 8.89. The number of nitrogens with one attached hydrogen (secondary N) is 1. The van der Waals surface area contributed by atoms with E-state index in [2.05, 4.69) is 21.2 Å². The molecule has 0 heterocycles. The Morgan fingerprint density at radius 2 is 1.95 bits per heavy atom. The molecule has 0 aliphatic heterocycles. The zero-order chi connectivity index (χ0) is 14.5. The van der Waals surface area contributed by atoms with E-state index in [1.54, 1.807) is 6.07 Å². The molecule has 0 fully saturated rings. The number of sulfone groups is 1. The first-order valence-electron chi connectivity index (χ1n) is 5.88. The van der Waals surface area contributed by atoms with E-state index in [0.29, 0.717) is 11.4 Å². The Labute approximate surface area is 120 Å². The summed E-state index contributed by atoms with van der Waals surface area (Å²) in [7, 11) is -4.57. The summed E-state index contributed by atoms with van der Waals surface area (Å²) in [6.45, 7) is 2.54. The quantitative estimate of drug-likeness (QED) is 0.759. The fraction of sp³-hybridized carbons (Fsp3) is 0.500. The second kappa shape index (κ2) is 7.19. The molecule has 0 radical (unpaired) electrons. The third-order valence-corrected chi connectivity index (χ3v) is 5.19. The predicted molar refractivity (Wildman–Crippen MR) is 75.7 cm³/mol. The maximum Gasteiger partial charge on any atom is 0.341 e. The standard InChI is InChI=1S/C12H16BrF2NO2S/c1-2-9(13)7-8-16-10-5-3-4-6-11(10)19(17,18)12(14)15/h3-6,9,12,16H,2,7-8H2,1H3. The number of alkyl halides is 3. The molecule has 19 heavy (non-hydrogen) atoms. The monoisotopic (exact) mass is 355 g/mol. The molecule has 1 aromatic rings. The van der Waals surface area contributed by atoms with Gasteiger partial charge in [0.15, 0.2) is 0 Å². The summed E-state index contributed by atoms with van der Waals surface area (Å²) in [5.41, 5.74) is 0.221. The highest BCUT2D eigenvalue weighted by atomic mass is 79.9. The van der Waals surface area contributed by atoms with Crippen molar-refractivity contribution < 1.29 is 17.2 Å². The van der Waals surface area contributed by atoms with Gasteiger partial charge in [0.25, 0.3) is 0 Å². The van der Waals surface area contributed by atoms with Crippen LogP contribution in [0.5, 0.6) is 0 Å². The van der Waals surface area contributed by atoms with Gasteiger partial charge < -0.3 is 5.32 Å². The molecular formula is C12H16BrF2NO2S. The Bertz CT molecular complexity index is 508. The van der Waals surface area contributed by atoms with Crippen LogP contribution in [0.1, 0.15) is 19.8 Å². The number of rotatable bonds is 7. The lowest BCUT2D eigenvalue weighted by Gasteiger charge is -2.13. The second-order valence-corrected chi connectivity index (χ2v) is 7.20. The van der Waals surface area contributed by atoms with Crippen molar-refractivity contribution in [3.63, 3.8) is 0 Å². The van der Waals surface area contributed by atoms with Crippen LogP contribution < -0.4 is 5.32 Å². The van der Waals surface area contributed by atoms with Crippen molar-refractivity contribution in [2.45, 2.75) is 35.2 Å². The van der Waals surface area contributed by atoms with Crippen LogP contribution in [0.25, 0.3) is 0 Å². The molecule has 0 saturated heterocycles. The Kier molecular flexibility index (Phi) is 6.19. The van der Waals surface area contributed by atoms with Gasteiger partial charge in [-0.25, -0.2) is 8.42 Å². The van der Waals surface area contributed by atoms with Crippen LogP contribution >= 0.6 is 15.9 Å². The average molecular weight is 356 g/mol. The van der Waals surface area contributed by atoms with Gasteiger partial charge in [-0.05, 0) is 25.0 Å². The highest BCUT2D eigenvalue weighted by Gasteiger charge is 2.28. The van der Waals surface area contributed by atoms with Crippen molar-refractivity contribution in [1.82, 2.24) is 0 Å². The lowest BCUT2D eigenvalue weighted by Crippen LogP contribution is -2.15. The number of hydrogen-bond acceptors (Lipinski definition) is 3. The highest BCUT2D eigenvalue weighted by molar-refractivity contribution is 9.09. The fourth-order valence-electron chi connectivity index (χ4n) is 1.52. The molecule has 108 valence electrons. The molecule has 3 nitrogen and oxygen atoms in total. The van der Waals surface area contributed by atoms with Gasteiger partial charge in [-0.1, -0.05) is 35.0 Å². The topological polar surface area (TPSA) is 46.2 Å². The third kappa shape index (κ3) is 4.42. The van der Waals surface area contributed by atoms with Gasteiger partial charge in [0.2, 0.25) is 9.84 Å². The number of hydrogen-bond donors (Lipinski definition) is 1. The summed E-state index contributed by atoms with van der Waals surface area (Å²) < 4.78 is 48.1. The lowest BCUT2D eigenvalue weighted by molar-refractivity contribution is 0.235. The first kappa shape index (κ1) is 16.4. The van der Waals surface area contributed by atoms with E-state index >= 15 is 0 Å². The number of benzene rings is 1. The summed E-state index contributed by atoms with van der Waals surface area (Å²) in [5.74, 6) is -3.41. The van der Waals surface area contributed by atoms with E-state index in [9.17, 15) is 17.2 Å². The molecule has 0 saturated carbocycles. The van der Waals surface area contributed by atoms with Gasteiger partial charge in [0, 0.05) is 11.4 Å². The van der Waals surface area contributed by atoms with Crippen LogP contribution in [0.3, 0.4) is 0 Å².